The standard InChI is InChI=1S/C24H28O4/c1-26-17-3-4-18-5-7-19(8-6-18)20-9-11-21(12-10-20)24(25)28-23-15-13-22(27-2)14-16-23/h3-4,9-16,18-19H,5-8,17H2,1-2H3/b4-3+. The lowest BCUT2D eigenvalue weighted by Gasteiger charge is -2.27. The van der Waals surface area contributed by atoms with Crippen LogP contribution in [0.5, 0.6) is 11.5 Å². The number of ether oxygens (including phenoxy) is 3. The number of allylic oxidation sites excluding steroid dienone is 1. The van der Waals surface area contributed by atoms with Gasteiger partial charge in [0, 0.05) is 7.11 Å². The maximum atomic E-state index is 12.4. The van der Waals surface area contributed by atoms with Crippen molar-refractivity contribution in [3.63, 3.8) is 0 Å². The molecule has 0 N–H and O–H groups in total. The molecule has 0 aromatic heterocycles. The third-order valence-corrected chi connectivity index (χ3v) is 5.33. The summed E-state index contributed by atoms with van der Waals surface area (Å²) in [5.74, 6) is 2.12. The molecule has 3 rings (SSSR count). The van der Waals surface area contributed by atoms with E-state index in [0.717, 1.165) is 5.75 Å². The second-order valence-corrected chi connectivity index (χ2v) is 7.18. The zero-order valence-electron chi connectivity index (χ0n) is 16.6. The van der Waals surface area contributed by atoms with Crippen LogP contribution in [0.3, 0.4) is 0 Å². The van der Waals surface area contributed by atoms with E-state index in [-0.39, 0.29) is 5.97 Å². The van der Waals surface area contributed by atoms with Crippen LogP contribution in [0.2, 0.25) is 0 Å². The van der Waals surface area contributed by atoms with Gasteiger partial charge in [-0.25, -0.2) is 4.79 Å². The Bertz CT molecular complexity index is 769. The van der Waals surface area contributed by atoms with E-state index in [9.17, 15) is 4.79 Å². The van der Waals surface area contributed by atoms with Gasteiger partial charge in [-0.05, 0) is 79.5 Å². The zero-order valence-corrected chi connectivity index (χ0v) is 16.6. The van der Waals surface area contributed by atoms with E-state index in [1.165, 1.54) is 31.2 Å². The molecule has 0 atom stereocenters. The summed E-state index contributed by atoms with van der Waals surface area (Å²) in [6, 6.07) is 14.9. The summed E-state index contributed by atoms with van der Waals surface area (Å²) in [7, 11) is 3.32. The highest BCUT2D eigenvalue weighted by molar-refractivity contribution is 5.91. The molecule has 0 unspecified atom stereocenters. The molecule has 0 bridgehead atoms. The van der Waals surface area contributed by atoms with E-state index in [2.05, 4.69) is 24.3 Å². The van der Waals surface area contributed by atoms with E-state index in [1.807, 2.05) is 12.1 Å². The molecule has 0 amide bonds. The maximum absolute atomic E-state index is 12.4. The molecule has 2 aromatic rings. The smallest absolute Gasteiger partial charge is 0.343 e. The van der Waals surface area contributed by atoms with Gasteiger partial charge in [-0.2, -0.15) is 0 Å². The van der Waals surface area contributed by atoms with Crippen molar-refractivity contribution in [1.82, 2.24) is 0 Å². The third-order valence-electron chi connectivity index (χ3n) is 5.33. The van der Waals surface area contributed by atoms with Crippen LogP contribution in [-0.2, 0) is 4.74 Å². The van der Waals surface area contributed by atoms with Crippen LogP contribution in [0, 0.1) is 5.92 Å². The van der Waals surface area contributed by atoms with Crippen LogP contribution in [0.15, 0.2) is 60.7 Å². The minimum atomic E-state index is -0.344. The number of carbonyl (C=O) groups is 1. The highest BCUT2D eigenvalue weighted by Gasteiger charge is 2.21. The van der Waals surface area contributed by atoms with E-state index < -0.39 is 0 Å². The first kappa shape index (κ1) is 20.2. The van der Waals surface area contributed by atoms with Crippen molar-refractivity contribution in [2.75, 3.05) is 20.8 Å². The molecule has 148 valence electrons. The fourth-order valence-electron chi connectivity index (χ4n) is 3.69. The fraction of sp³-hybridized carbons (Fsp3) is 0.375. The first-order chi connectivity index (χ1) is 13.7. The van der Waals surface area contributed by atoms with Crippen molar-refractivity contribution >= 4 is 5.97 Å². The van der Waals surface area contributed by atoms with Gasteiger partial charge in [0.05, 0.1) is 19.3 Å². The number of hydrogen-bond donors (Lipinski definition) is 0. The lowest BCUT2D eigenvalue weighted by molar-refractivity contribution is 0.0734. The van der Waals surface area contributed by atoms with Crippen LogP contribution in [0.4, 0.5) is 0 Å². The topological polar surface area (TPSA) is 44.8 Å². The molecule has 1 fully saturated rings. The van der Waals surface area contributed by atoms with Gasteiger partial charge >= 0.3 is 5.97 Å². The molecule has 28 heavy (non-hydrogen) atoms. The Labute approximate surface area is 167 Å². The Kier molecular flexibility index (Phi) is 7.26. The maximum Gasteiger partial charge on any atom is 0.343 e. The number of rotatable bonds is 7. The summed E-state index contributed by atoms with van der Waals surface area (Å²) >= 11 is 0. The highest BCUT2D eigenvalue weighted by Crippen LogP contribution is 2.36. The first-order valence-corrected chi connectivity index (χ1v) is 9.81. The van der Waals surface area contributed by atoms with Crippen molar-refractivity contribution < 1.29 is 19.0 Å². The highest BCUT2D eigenvalue weighted by atomic mass is 16.5. The van der Waals surface area contributed by atoms with Crippen LogP contribution >= 0.6 is 0 Å². The minimum absolute atomic E-state index is 0.344. The van der Waals surface area contributed by atoms with E-state index in [0.29, 0.717) is 29.8 Å². The Morgan fingerprint density at radius 2 is 1.57 bits per heavy atom. The van der Waals surface area contributed by atoms with Gasteiger partial charge in [0.25, 0.3) is 0 Å². The van der Waals surface area contributed by atoms with Gasteiger partial charge in [-0.1, -0.05) is 24.3 Å². The molecule has 0 heterocycles. The molecule has 4 heteroatoms. The molecular weight excluding hydrogens is 352 g/mol. The van der Waals surface area contributed by atoms with E-state index >= 15 is 0 Å². The van der Waals surface area contributed by atoms with Crippen LogP contribution in [0.25, 0.3) is 0 Å². The number of esters is 1. The molecule has 1 aliphatic rings. The molecule has 1 saturated carbocycles. The second kappa shape index (κ2) is 10.1. The molecule has 1 aliphatic carbocycles. The van der Waals surface area contributed by atoms with Crippen molar-refractivity contribution in [3.8, 4) is 11.5 Å². The normalized spacial score (nSPS) is 19.5. The van der Waals surface area contributed by atoms with Crippen LogP contribution in [0.1, 0.15) is 47.5 Å². The molecule has 0 radical (unpaired) electrons. The molecule has 0 spiro atoms. The van der Waals surface area contributed by atoms with Gasteiger partial charge in [0.15, 0.2) is 0 Å². The average molecular weight is 380 g/mol. The summed E-state index contributed by atoms with van der Waals surface area (Å²) in [6.07, 6.45) is 9.17. The Hall–Kier alpha value is -2.59. The third kappa shape index (κ3) is 5.46. The van der Waals surface area contributed by atoms with Crippen molar-refractivity contribution in [2.24, 2.45) is 5.92 Å². The summed E-state index contributed by atoms with van der Waals surface area (Å²) in [5.41, 5.74) is 1.87. The quantitative estimate of drug-likeness (QED) is 0.367. The number of hydrogen-bond acceptors (Lipinski definition) is 4. The zero-order chi connectivity index (χ0) is 19.8. The van der Waals surface area contributed by atoms with Crippen molar-refractivity contribution in [1.29, 1.82) is 0 Å². The number of benzene rings is 2. The Morgan fingerprint density at radius 3 is 2.18 bits per heavy atom. The predicted molar refractivity (Wildman–Crippen MR) is 110 cm³/mol. The van der Waals surface area contributed by atoms with Crippen molar-refractivity contribution in [2.45, 2.75) is 31.6 Å². The summed E-state index contributed by atoms with van der Waals surface area (Å²) in [5, 5.41) is 0. The largest absolute Gasteiger partial charge is 0.497 e. The molecular formula is C24H28O4. The first-order valence-electron chi connectivity index (χ1n) is 9.81. The summed E-state index contributed by atoms with van der Waals surface area (Å²) < 4.78 is 15.6. The van der Waals surface area contributed by atoms with E-state index in [4.69, 9.17) is 14.2 Å². The fourth-order valence-corrected chi connectivity index (χ4v) is 3.69. The number of methoxy groups -OCH3 is 2. The van der Waals surface area contributed by atoms with Gasteiger partial charge in [-0.15, -0.1) is 0 Å². The predicted octanol–water partition coefficient (Wildman–Crippen LogP) is 5.39. The molecule has 0 saturated heterocycles. The second-order valence-electron chi connectivity index (χ2n) is 7.18. The number of carbonyl (C=O) groups excluding carboxylic acids is 1. The summed E-state index contributed by atoms with van der Waals surface area (Å²) in [4.78, 5) is 12.4. The van der Waals surface area contributed by atoms with Crippen LogP contribution < -0.4 is 9.47 Å². The van der Waals surface area contributed by atoms with Gasteiger partial charge in [-0.3, -0.25) is 0 Å². The van der Waals surface area contributed by atoms with Gasteiger partial charge < -0.3 is 14.2 Å². The van der Waals surface area contributed by atoms with Crippen LogP contribution in [-0.4, -0.2) is 26.8 Å². The van der Waals surface area contributed by atoms with Gasteiger partial charge in [0.2, 0.25) is 0 Å². The van der Waals surface area contributed by atoms with Crippen molar-refractivity contribution in [3.05, 3.63) is 71.8 Å². The monoisotopic (exact) mass is 380 g/mol. The summed E-state index contributed by atoms with van der Waals surface area (Å²) in [6.45, 7) is 0.689. The average Bonchev–Trinajstić information content (AvgIpc) is 2.75. The lowest BCUT2D eigenvalue weighted by atomic mass is 9.78. The molecule has 0 aliphatic heterocycles. The molecule has 4 nitrogen and oxygen atoms in total. The molecule has 2 aromatic carbocycles. The van der Waals surface area contributed by atoms with Gasteiger partial charge in [0.1, 0.15) is 11.5 Å². The Morgan fingerprint density at radius 1 is 0.929 bits per heavy atom. The SMILES string of the molecule is COC/C=C/C1CCC(c2ccc(C(=O)Oc3ccc(OC)cc3)cc2)CC1. The minimum Gasteiger partial charge on any atom is -0.497 e. The lowest BCUT2D eigenvalue weighted by Crippen LogP contribution is -2.12. The van der Waals surface area contributed by atoms with E-state index in [1.54, 1.807) is 38.5 Å². The Balaban J connectivity index is 1.53.